The minimum atomic E-state index is 0.286. The van der Waals surface area contributed by atoms with E-state index in [-0.39, 0.29) is 5.41 Å². The van der Waals surface area contributed by atoms with E-state index in [1.54, 1.807) is 11.3 Å². The Labute approximate surface area is 186 Å². The Bertz CT molecular complexity index is 1130. The summed E-state index contributed by atoms with van der Waals surface area (Å²) in [6, 6.07) is 0. The Kier molecular flexibility index (Phi) is 4.76. The number of fused-ring (bicyclic) bond motifs is 5. The van der Waals surface area contributed by atoms with Crippen LogP contribution in [-0.2, 0) is 17.6 Å². The predicted octanol–water partition coefficient (Wildman–Crippen LogP) is 3.98. The van der Waals surface area contributed by atoms with E-state index in [2.05, 4.69) is 39.1 Å². The number of hydrogen-bond acceptors (Lipinski definition) is 8. The molecule has 6 rings (SSSR count). The van der Waals surface area contributed by atoms with Crippen molar-refractivity contribution in [2.24, 2.45) is 5.41 Å². The summed E-state index contributed by atoms with van der Waals surface area (Å²) in [5.41, 5.74) is 4.16. The molecule has 5 heterocycles. The lowest BCUT2D eigenvalue weighted by atomic mass is 9.73. The summed E-state index contributed by atoms with van der Waals surface area (Å²) in [6.45, 7) is 10.3. The fourth-order valence-corrected chi connectivity index (χ4v) is 6.60. The van der Waals surface area contributed by atoms with Gasteiger partial charge in [0.25, 0.3) is 0 Å². The van der Waals surface area contributed by atoms with Crippen LogP contribution in [0.25, 0.3) is 20.4 Å². The zero-order chi connectivity index (χ0) is 21.0. The zero-order valence-corrected chi connectivity index (χ0v) is 19.3. The number of nitrogens with zero attached hydrogens (tertiary/aromatic N) is 6. The lowest BCUT2D eigenvalue weighted by Crippen LogP contribution is -2.38. The topological polar surface area (TPSA) is 67.3 Å². The van der Waals surface area contributed by atoms with Crippen LogP contribution < -0.4 is 9.80 Å². The molecule has 2 aliphatic heterocycles. The molecule has 3 aromatic rings. The zero-order valence-electron chi connectivity index (χ0n) is 18.5. The molecule has 0 radical (unpaired) electrons. The van der Waals surface area contributed by atoms with E-state index >= 15 is 0 Å². The minimum Gasteiger partial charge on any atom is -0.378 e. The van der Waals surface area contributed by atoms with Gasteiger partial charge in [-0.1, -0.05) is 13.8 Å². The third kappa shape index (κ3) is 3.35. The first-order chi connectivity index (χ1) is 15.1. The first-order valence-corrected chi connectivity index (χ1v) is 12.5. The molecule has 2 fully saturated rings. The van der Waals surface area contributed by atoms with Gasteiger partial charge in [0, 0.05) is 31.6 Å². The third-order valence-corrected chi connectivity index (χ3v) is 8.24. The second kappa shape index (κ2) is 7.52. The quantitative estimate of drug-likeness (QED) is 0.599. The molecule has 0 saturated carbocycles. The number of ether oxygens (including phenoxy) is 1. The van der Waals surface area contributed by atoms with Gasteiger partial charge in [-0.15, -0.1) is 21.5 Å². The molecule has 1 aliphatic carbocycles. The molecule has 0 atom stereocenters. The summed E-state index contributed by atoms with van der Waals surface area (Å²) < 4.78 is 6.77. The van der Waals surface area contributed by atoms with Crippen LogP contribution in [0.5, 0.6) is 0 Å². The fourth-order valence-electron chi connectivity index (χ4n) is 5.45. The van der Waals surface area contributed by atoms with E-state index in [9.17, 15) is 0 Å². The Morgan fingerprint density at radius 1 is 0.903 bits per heavy atom. The van der Waals surface area contributed by atoms with E-state index in [0.29, 0.717) is 0 Å². The van der Waals surface area contributed by atoms with Crippen LogP contribution in [0.15, 0.2) is 0 Å². The van der Waals surface area contributed by atoms with E-state index in [1.807, 2.05) is 0 Å². The van der Waals surface area contributed by atoms with Crippen LogP contribution in [0.1, 0.15) is 50.7 Å². The van der Waals surface area contributed by atoms with Crippen LogP contribution in [-0.4, -0.2) is 59.8 Å². The van der Waals surface area contributed by atoms with Crippen LogP contribution in [0.4, 0.5) is 11.6 Å². The Balaban J connectivity index is 1.58. The summed E-state index contributed by atoms with van der Waals surface area (Å²) in [7, 11) is 0. The highest BCUT2D eigenvalue weighted by Crippen LogP contribution is 2.46. The van der Waals surface area contributed by atoms with Crippen molar-refractivity contribution in [3.63, 3.8) is 0 Å². The SMILES string of the molecule is CC1(C)CCc2c(N3CCOCC3)nc3sc4c(N5CCCCC5)nnnc4c3c2C1. The van der Waals surface area contributed by atoms with Crippen molar-refractivity contribution in [1.82, 2.24) is 20.4 Å². The highest BCUT2D eigenvalue weighted by atomic mass is 32.1. The number of piperidine rings is 1. The molecule has 0 bridgehead atoms. The molecule has 0 amide bonds. The molecule has 164 valence electrons. The Morgan fingerprint density at radius 2 is 1.68 bits per heavy atom. The first-order valence-electron chi connectivity index (χ1n) is 11.7. The molecule has 31 heavy (non-hydrogen) atoms. The van der Waals surface area contributed by atoms with Crippen molar-refractivity contribution in [2.75, 3.05) is 49.2 Å². The maximum Gasteiger partial charge on any atom is 0.172 e. The second-order valence-electron chi connectivity index (χ2n) is 9.95. The summed E-state index contributed by atoms with van der Waals surface area (Å²) in [4.78, 5) is 11.2. The monoisotopic (exact) mass is 438 g/mol. The van der Waals surface area contributed by atoms with Gasteiger partial charge in [-0.2, -0.15) is 0 Å². The molecule has 0 aromatic carbocycles. The number of rotatable bonds is 2. The molecule has 7 nitrogen and oxygen atoms in total. The minimum absolute atomic E-state index is 0.286. The normalized spacial score (nSPS) is 21.6. The maximum atomic E-state index is 5.62. The molecule has 2 saturated heterocycles. The smallest absolute Gasteiger partial charge is 0.172 e. The molecule has 0 spiro atoms. The van der Waals surface area contributed by atoms with Crippen molar-refractivity contribution in [3.05, 3.63) is 11.1 Å². The van der Waals surface area contributed by atoms with Gasteiger partial charge >= 0.3 is 0 Å². The van der Waals surface area contributed by atoms with E-state index < -0.39 is 0 Å². The Hall–Kier alpha value is -2.06. The second-order valence-corrected chi connectivity index (χ2v) is 11.0. The van der Waals surface area contributed by atoms with Gasteiger partial charge in [0.15, 0.2) is 5.82 Å². The average Bonchev–Trinajstić information content (AvgIpc) is 3.18. The molecule has 3 aromatic heterocycles. The first kappa shape index (κ1) is 19.6. The van der Waals surface area contributed by atoms with Crippen LogP contribution in [0.2, 0.25) is 0 Å². The van der Waals surface area contributed by atoms with Crippen molar-refractivity contribution < 1.29 is 4.74 Å². The largest absolute Gasteiger partial charge is 0.378 e. The molecule has 3 aliphatic rings. The number of anilines is 2. The van der Waals surface area contributed by atoms with Crippen molar-refractivity contribution >= 4 is 43.4 Å². The van der Waals surface area contributed by atoms with Crippen LogP contribution in [0, 0.1) is 5.41 Å². The average molecular weight is 439 g/mol. The molecule has 0 unspecified atom stereocenters. The highest BCUT2D eigenvalue weighted by Gasteiger charge is 2.33. The van der Waals surface area contributed by atoms with Gasteiger partial charge in [-0.25, -0.2) is 4.98 Å². The maximum absolute atomic E-state index is 5.62. The number of morpholine rings is 1. The van der Waals surface area contributed by atoms with E-state index in [4.69, 9.17) is 9.72 Å². The number of hydrogen-bond donors (Lipinski definition) is 0. The van der Waals surface area contributed by atoms with Crippen molar-refractivity contribution in [3.8, 4) is 0 Å². The van der Waals surface area contributed by atoms with Crippen LogP contribution >= 0.6 is 11.3 Å². The summed E-state index contributed by atoms with van der Waals surface area (Å²) in [6.07, 6.45) is 7.08. The van der Waals surface area contributed by atoms with Gasteiger partial charge in [-0.05, 0) is 60.3 Å². The standard InChI is InChI=1S/C23H30N6OS/c1-23(2)7-6-15-16(14-23)17-18-19(21(26-27-25-18)28-8-4-3-5-9-28)31-22(17)24-20(15)29-10-12-30-13-11-29/h3-14H2,1-2H3. The van der Waals surface area contributed by atoms with Crippen molar-refractivity contribution in [2.45, 2.75) is 52.4 Å². The van der Waals surface area contributed by atoms with E-state index in [0.717, 1.165) is 73.1 Å². The van der Waals surface area contributed by atoms with Gasteiger partial charge in [0.05, 0.1) is 13.2 Å². The fraction of sp³-hybridized carbons (Fsp3) is 0.652. The molecular formula is C23H30N6OS. The van der Waals surface area contributed by atoms with Gasteiger partial charge in [0.1, 0.15) is 20.9 Å². The highest BCUT2D eigenvalue weighted by molar-refractivity contribution is 7.26. The molecular weight excluding hydrogens is 408 g/mol. The van der Waals surface area contributed by atoms with E-state index in [1.165, 1.54) is 48.0 Å². The van der Waals surface area contributed by atoms with Crippen molar-refractivity contribution in [1.29, 1.82) is 0 Å². The van der Waals surface area contributed by atoms with Gasteiger partial charge in [-0.3, -0.25) is 0 Å². The predicted molar refractivity (Wildman–Crippen MR) is 125 cm³/mol. The van der Waals surface area contributed by atoms with Gasteiger partial charge in [0.2, 0.25) is 0 Å². The van der Waals surface area contributed by atoms with Gasteiger partial charge < -0.3 is 14.5 Å². The molecule has 8 heteroatoms. The lowest BCUT2D eigenvalue weighted by molar-refractivity contribution is 0.122. The number of thiophene rings is 1. The Morgan fingerprint density at radius 3 is 2.48 bits per heavy atom. The lowest BCUT2D eigenvalue weighted by Gasteiger charge is -2.36. The summed E-state index contributed by atoms with van der Waals surface area (Å²) in [5, 5.41) is 14.5. The number of pyridine rings is 1. The third-order valence-electron chi connectivity index (χ3n) is 7.17. The summed E-state index contributed by atoms with van der Waals surface area (Å²) >= 11 is 1.76. The van der Waals surface area contributed by atoms with Crippen LogP contribution in [0.3, 0.4) is 0 Å². The molecule has 0 N–H and O–H groups in total. The summed E-state index contributed by atoms with van der Waals surface area (Å²) in [5.74, 6) is 2.18. The number of aromatic nitrogens is 4.